The molecule has 0 unspecified atom stereocenters. The number of aromatic hydroxyl groups is 2. The van der Waals surface area contributed by atoms with Gasteiger partial charge >= 0.3 is 0 Å². The maximum absolute atomic E-state index is 12.6. The van der Waals surface area contributed by atoms with Crippen LogP contribution in [0.5, 0.6) is 11.5 Å². The third-order valence-electron chi connectivity index (χ3n) is 4.24. The quantitative estimate of drug-likeness (QED) is 0.306. The predicted octanol–water partition coefficient (Wildman–Crippen LogP) is 4.55. The number of hydrogen-bond donors (Lipinski definition) is 3. The fraction of sp³-hybridized carbons (Fsp3) is 0.0435. The lowest BCUT2D eigenvalue weighted by Gasteiger charge is -2.07. The molecule has 3 aromatic carbocycles. The first kappa shape index (κ1) is 20.5. The molecule has 3 N–H and O–H groups in total. The van der Waals surface area contributed by atoms with Crippen LogP contribution in [-0.4, -0.2) is 21.9 Å². The Morgan fingerprint density at radius 1 is 0.933 bits per heavy atom. The molecule has 0 atom stereocenters. The molecule has 7 nitrogen and oxygen atoms in total. The predicted molar refractivity (Wildman–Crippen MR) is 112 cm³/mol. The van der Waals surface area contributed by atoms with Gasteiger partial charge in [-0.25, -0.2) is 0 Å². The molecule has 1 amide bonds. The fourth-order valence-corrected chi connectivity index (χ4v) is 2.63. The normalized spacial score (nSPS) is 10.7. The molecule has 0 saturated heterocycles. The maximum atomic E-state index is 12.6. The van der Waals surface area contributed by atoms with Gasteiger partial charge in [0, 0.05) is 18.2 Å². The highest BCUT2D eigenvalue weighted by Gasteiger charge is 2.16. The van der Waals surface area contributed by atoms with Gasteiger partial charge in [-0.3, -0.25) is 9.59 Å². The van der Waals surface area contributed by atoms with Crippen molar-refractivity contribution in [3.05, 3.63) is 96.1 Å². The standard InChI is InChI=1S/C23H19N3O4/c1-2-22(29)24-14-15-8-10-17(11-9-15)25-26-19-12-18(20(27)13-21(19)28)23(30)16-6-4-3-5-7-16/h2-13,27-28H,1,14H2,(H,24,29). The molecule has 0 saturated carbocycles. The van der Waals surface area contributed by atoms with Gasteiger partial charge in [0.05, 0.1) is 11.3 Å². The molecule has 0 spiro atoms. The molecule has 0 heterocycles. The second-order valence-corrected chi connectivity index (χ2v) is 6.34. The van der Waals surface area contributed by atoms with Gasteiger partial charge in [0.2, 0.25) is 5.91 Å². The van der Waals surface area contributed by atoms with Crippen molar-refractivity contribution in [3.63, 3.8) is 0 Å². The molecule has 0 aromatic heterocycles. The zero-order valence-electron chi connectivity index (χ0n) is 15.9. The Morgan fingerprint density at radius 2 is 1.63 bits per heavy atom. The number of azo groups is 1. The summed E-state index contributed by atoms with van der Waals surface area (Å²) in [5.74, 6) is -1.30. The zero-order valence-corrected chi connectivity index (χ0v) is 15.9. The average molecular weight is 401 g/mol. The lowest BCUT2D eigenvalue weighted by molar-refractivity contribution is -0.116. The van der Waals surface area contributed by atoms with E-state index in [0.29, 0.717) is 17.8 Å². The average Bonchev–Trinajstić information content (AvgIpc) is 2.77. The Balaban J connectivity index is 1.79. The van der Waals surface area contributed by atoms with Crippen molar-refractivity contribution in [1.29, 1.82) is 0 Å². The van der Waals surface area contributed by atoms with Gasteiger partial charge < -0.3 is 15.5 Å². The summed E-state index contributed by atoms with van der Waals surface area (Å²) in [5, 5.41) is 30.9. The number of benzene rings is 3. The molecule has 7 heteroatoms. The highest BCUT2D eigenvalue weighted by atomic mass is 16.3. The molecule has 150 valence electrons. The SMILES string of the molecule is C=CC(=O)NCc1ccc(N=Nc2cc(C(=O)c3ccccc3)c(O)cc2O)cc1. The lowest BCUT2D eigenvalue weighted by Crippen LogP contribution is -2.19. The van der Waals surface area contributed by atoms with Crippen molar-refractivity contribution >= 4 is 23.1 Å². The van der Waals surface area contributed by atoms with Gasteiger partial charge in [-0.2, -0.15) is 5.11 Å². The number of nitrogens with one attached hydrogen (secondary N) is 1. The number of carbonyl (C=O) groups excluding carboxylic acids is 2. The van der Waals surface area contributed by atoms with E-state index in [1.165, 1.54) is 12.1 Å². The molecular weight excluding hydrogens is 382 g/mol. The van der Waals surface area contributed by atoms with E-state index in [-0.39, 0.29) is 28.7 Å². The Labute approximate surface area is 173 Å². The molecule has 0 bridgehead atoms. The molecule has 3 rings (SSSR count). The van der Waals surface area contributed by atoms with E-state index >= 15 is 0 Å². The third-order valence-corrected chi connectivity index (χ3v) is 4.24. The van der Waals surface area contributed by atoms with Gasteiger partial charge in [0.25, 0.3) is 0 Å². The number of rotatable bonds is 7. The molecule has 0 fully saturated rings. The summed E-state index contributed by atoms with van der Waals surface area (Å²) >= 11 is 0. The van der Waals surface area contributed by atoms with E-state index in [9.17, 15) is 19.8 Å². The molecule has 0 aliphatic heterocycles. The van der Waals surface area contributed by atoms with Crippen LogP contribution in [0.4, 0.5) is 11.4 Å². The van der Waals surface area contributed by atoms with Crippen LogP contribution in [0.25, 0.3) is 0 Å². The Morgan fingerprint density at radius 3 is 2.30 bits per heavy atom. The minimum Gasteiger partial charge on any atom is -0.507 e. The third kappa shape index (κ3) is 4.96. The van der Waals surface area contributed by atoms with E-state index in [0.717, 1.165) is 11.6 Å². The molecular formula is C23H19N3O4. The van der Waals surface area contributed by atoms with E-state index in [1.807, 2.05) is 0 Å². The van der Waals surface area contributed by atoms with Crippen LogP contribution in [0.15, 0.2) is 89.6 Å². The van der Waals surface area contributed by atoms with E-state index in [4.69, 9.17) is 0 Å². The molecule has 3 aromatic rings. The van der Waals surface area contributed by atoms with Crippen molar-refractivity contribution < 1.29 is 19.8 Å². The van der Waals surface area contributed by atoms with Crippen molar-refractivity contribution in [2.75, 3.05) is 0 Å². The summed E-state index contributed by atoms with van der Waals surface area (Å²) < 4.78 is 0. The first-order valence-electron chi connectivity index (χ1n) is 9.04. The monoisotopic (exact) mass is 401 g/mol. The fourth-order valence-electron chi connectivity index (χ4n) is 2.63. The lowest BCUT2D eigenvalue weighted by atomic mass is 10.0. The van der Waals surface area contributed by atoms with Crippen LogP contribution in [0.3, 0.4) is 0 Å². The molecule has 0 aliphatic carbocycles. The number of phenolic OH excluding ortho intramolecular Hbond substituents is 2. The molecule has 0 radical (unpaired) electrons. The zero-order chi connectivity index (χ0) is 21.5. The van der Waals surface area contributed by atoms with Crippen LogP contribution in [0.2, 0.25) is 0 Å². The molecule has 0 aliphatic rings. The molecule has 30 heavy (non-hydrogen) atoms. The highest BCUT2D eigenvalue weighted by Crippen LogP contribution is 2.35. The summed E-state index contributed by atoms with van der Waals surface area (Å²) in [7, 11) is 0. The second-order valence-electron chi connectivity index (χ2n) is 6.34. The van der Waals surface area contributed by atoms with Gasteiger partial charge in [-0.1, -0.05) is 49.0 Å². The summed E-state index contributed by atoms with van der Waals surface area (Å²) in [6, 6.07) is 17.8. The topological polar surface area (TPSA) is 111 Å². The minimum absolute atomic E-state index is 0.0151. The maximum Gasteiger partial charge on any atom is 0.243 e. The van der Waals surface area contributed by atoms with Gasteiger partial charge in [0.1, 0.15) is 17.2 Å². The summed E-state index contributed by atoms with van der Waals surface area (Å²) in [4.78, 5) is 23.8. The van der Waals surface area contributed by atoms with Crippen LogP contribution < -0.4 is 5.32 Å². The van der Waals surface area contributed by atoms with Crippen molar-refractivity contribution in [2.24, 2.45) is 10.2 Å². The number of hydrogen-bond acceptors (Lipinski definition) is 6. The van der Waals surface area contributed by atoms with Gasteiger partial charge in [-0.05, 0) is 29.8 Å². The first-order valence-corrected chi connectivity index (χ1v) is 9.04. The van der Waals surface area contributed by atoms with E-state index in [2.05, 4.69) is 22.1 Å². The number of nitrogens with zero attached hydrogens (tertiary/aromatic N) is 2. The number of phenols is 2. The van der Waals surface area contributed by atoms with Crippen molar-refractivity contribution in [2.45, 2.75) is 6.54 Å². The largest absolute Gasteiger partial charge is 0.507 e. The smallest absolute Gasteiger partial charge is 0.243 e. The van der Waals surface area contributed by atoms with Crippen molar-refractivity contribution in [3.8, 4) is 11.5 Å². The Hall–Kier alpha value is -4.26. The summed E-state index contributed by atoms with van der Waals surface area (Å²) in [5.41, 5.74) is 1.85. The van der Waals surface area contributed by atoms with Gasteiger partial charge in [0.15, 0.2) is 5.78 Å². The first-order chi connectivity index (χ1) is 14.5. The Kier molecular flexibility index (Phi) is 6.34. The van der Waals surface area contributed by atoms with Crippen LogP contribution in [0.1, 0.15) is 21.5 Å². The number of amides is 1. The second kappa shape index (κ2) is 9.29. The summed E-state index contributed by atoms with van der Waals surface area (Å²) in [6.45, 7) is 3.74. The van der Waals surface area contributed by atoms with Crippen LogP contribution in [0, 0.1) is 0 Å². The highest BCUT2D eigenvalue weighted by molar-refractivity contribution is 6.11. The van der Waals surface area contributed by atoms with Crippen molar-refractivity contribution in [1.82, 2.24) is 5.32 Å². The van der Waals surface area contributed by atoms with Crippen LogP contribution in [-0.2, 0) is 11.3 Å². The Bertz CT molecular complexity index is 1110. The van der Waals surface area contributed by atoms with E-state index < -0.39 is 5.78 Å². The minimum atomic E-state index is -0.393. The number of carbonyl (C=O) groups is 2. The van der Waals surface area contributed by atoms with E-state index in [1.54, 1.807) is 54.6 Å². The number of ketones is 1. The van der Waals surface area contributed by atoms with Gasteiger partial charge in [-0.15, -0.1) is 5.11 Å². The summed E-state index contributed by atoms with van der Waals surface area (Å²) in [6.07, 6.45) is 1.20. The van der Waals surface area contributed by atoms with Crippen LogP contribution >= 0.6 is 0 Å².